The summed E-state index contributed by atoms with van der Waals surface area (Å²) in [7, 11) is 6.13. The van der Waals surface area contributed by atoms with Gasteiger partial charge in [-0.2, -0.15) is 0 Å². The first-order valence-corrected chi connectivity index (χ1v) is 5.14. The molecule has 0 amide bonds. The summed E-state index contributed by atoms with van der Waals surface area (Å²) in [4.78, 5) is 2.21. The highest BCUT2D eigenvalue weighted by atomic mass is 15.3. The molecule has 0 radical (unpaired) electrons. The number of aryl methyl sites for hydroxylation is 1. The van der Waals surface area contributed by atoms with E-state index in [1.807, 2.05) is 11.6 Å². The largest absolute Gasteiger partial charge is 0.320 e. The van der Waals surface area contributed by atoms with E-state index in [2.05, 4.69) is 48.4 Å². The Morgan fingerprint density at radius 1 is 1.47 bits per heavy atom. The first-order chi connectivity index (χ1) is 6.93. The van der Waals surface area contributed by atoms with Crippen LogP contribution in [0.4, 0.5) is 0 Å². The second-order valence-corrected chi connectivity index (χ2v) is 4.67. The van der Waals surface area contributed by atoms with Crippen LogP contribution in [-0.4, -0.2) is 45.8 Å². The van der Waals surface area contributed by atoms with E-state index in [1.165, 1.54) is 0 Å². The third kappa shape index (κ3) is 3.28. The molecule has 0 spiro atoms. The van der Waals surface area contributed by atoms with Crippen molar-refractivity contribution in [2.75, 3.05) is 20.6 Å². The van der Waals surface area contributed by atoms with Crippen LogP contribution in [0.15, 0.2) is 6.33 Å². The van der Waals surface area contributed by atoms with E-state index in [0.717, 1.165) is 18.9 Å². The summed E-state index contributed by atoms with van der Waals surface area (Å²) >= 11 is 0. The van der Waals surface area contributed by atoms with Crippen molar-refractivity contribution in [2.24, 2.45) is 7.05 Å². The monoisotopic (exact) mass is 211 g/mol. The average molecular weight is 211 g/mol. The molecule has 0 saturated carbocycles. The Morgan fingerprint density at radius 3 is 2.60 bits per heavy atom. The summed E-state index contributed by atoms with van der Waals surface area (Å²) in [6.45, 7) is 6.09. The lowest BCUT2D eigenvalue weighted by Crippen LogP contribution is -2.46. The van der Waals surface area contributed by atoms with Gasteiger partial charge in [-0.25, -0.2) is 0 Å². The van der Waals surface area contributed by atoms with Crippen molar-refractivity contribution in [3.05, 3.63) is 12.2 Å². The topological polar surface area (TPSA) is 46.0 Å². The van der Waals surface area contributed by atoms with Gasteiger partial charge in [0.15, 0.2) is 0 Å². The van der Waals surface area contributed by atoms with E-state index in [0.29, 0.717) is 0 Å². The molecule has 15 heavy (non-hydrogen) atoms. The van der Waals surface area contributed by atoms with Crippen LogP contribution in [-0.2, 0) is 13.6 Å². The van der Waals surface area contributed by atoms with Crippen molar-refractivity contribution in [3.8, 4) is 0 Å². The molecule has 0 aromatic carbocycles. The minimum Gasteiger partial charge on any atom is -0.320 e. The zero-order valence-corrected chi connectivity index (χ0v) is 10.3. The van der Waals surface area contributed by atoms with Crippen LogP contribution in [0.1, 0.15) is 19.7 Å². The van der Waals surface area contributed by atoms with Gasteiger partial charge < -0.3 is 14.8 Å². The van der Waals surface area contributed by atoms with Crippen LogP contribution in [0, 0.1) is 0 Å². The summed E-state index contributed by atoms with van der Waals surface area (Å²) < 4.78 is 1.93. The minimum atomic E-state index is 0.151. The molecule has 0 bridgehead atoms. The lowest BCUT2D eigenvalue weighted by Gasteiger charge is -2.32. The number of likely N-dealkylation sites (N-methyl/N-ethyl adjacent to an activating group) is 1. The molecule has 0 aliphatic carbocycles. The molecule has 1 aromatic rings. The first-order valence-electron chi connectivity index (χ1n) is 5.14. The van der Waals surface area contributed by atoms with Gasteiger partial charge in [0.1, 0.15) is 12.2 Å². The van der Waals surface area contributed by atoms with Gasteiger partial charge in [-0.05, 0) is 27.9 Å². The molecule has 0 aliphatic heterocycles. The highest BCUT2D eigenvalue weighted by Gasteiger charge is 2.19. The zero-order chi connectivity index (χ0) is 11.5. The Balaban J connectivity index is 2.37. The van der Waals surface area contributed by atoms with Crippen molar-refractivity contribution < 1.29 is 0 Å². The van der Waals surface area contributed by atoms with Crippen molar-refractivity contribution in [1.82, 2.24) is 25.0 Å². The molecule has 0 unspecified atom stereocenters. The third-order valence-corrected chi connectivity index (χ3v) is 2.86. The van der Waals surface area contributed by atoms with Crippen LogP contribution < -0.4 is 5.32 Å². The van der Waals surface area contributed by atoms with Crippen molar-refractivity contribution >= 4 is 0 Å². The van der Waals surface area contributed by atoms with Gasteiger partial charge in [-0.1, -0.05) is 0 Å². The Kier molecular flexibility index (Phi) is 3.82. The molecule has 1 N–H and O–H groups in total. The molecule has 0 aliphatic rings. The maximum atomic E-state index is 4.02. The summed E-state index contributed by atoms with van der Waals surface area (Å²) in [5, 5.41) is 11.2. The highest BCUT2D eigenvalue weighted by molar-refractivity contribution is 4.86. The molecule has 0 atom stereocenters. The summed E-state index contributed by atoms with van der Waals surface area (Å²) in [5.41, 5.74) is 0.151. The second kappa shape index (κ2) is 4.72. The lowest BCUT2D eigenvalue weighted by atomic mass is 10.0. The quantitative estimate of drug-likeness (QED) is 0.758. The Morgan fingerprint density at radius 2 is 2.13 bits per heavy atom. The number of hydrogen-bond donors (Lipinski definition) is 1. The summed E-state index contributed by atoms with van der Waals surface area (Å²) in [6, 6.07) is 0. The number of nitrogens with one attached hydrogen (secondary N) is 1. The predicted octanol–water partition coefficient (Wildman–Crippen LogP) is 0.245. The fraction of sp³-hybridized carbons (Fsp3) is 0.800. The van der Waals surface area contributed by atoms with E-state index in [-0.39, 0.29) is 5.54 Å². The van der Waals surface area contributed by atoms with Crippen LogP contribution >= 0.6 is 0 Å². The van der Waals surface area contributed by atoms with Gasteiger partial charge in [-0.15, -0.1) is 10.2 Å². The Labute approximate surface area is 91.5 Å². The van der Waals surface area contributed by atoms with Gasteiger partial charge in [0.05, 0.1) is 6.54 Å². The zero-order valence-electron chi connectivity index (χ0n) is 10.3. The van der Waals surface area contributed by atoms with Crippen LogP contribution in [0.25, 0.3) is 0 Å². The maximum Gasteiger partial charge on any atom is 0.146 e. The standard InChI is InChI=1S/C10H21N5/c1-10(2,14(3)4)7-11-6-9-13-12-8-15(9)5/h8,11H,6-7H2,1-5H3. The molecule has 5 nitrogen and oxygen atoms in total. The molecule has 1 rings (SSSR count). The smallest absolute Gasteiger partial charge is 0.146 e. The highest BCUT2D eigenvalue weighted by Crippen LogP contribution is 2.07. The second-order valence-electron chi connectivity index (χ2n) is 4.67. The normalized spacial score (nSPS) is 12.4. The molecular weight excluding hydrogens is 190 g/mol. The lowest BCUT2D eigenvalue weighted by molar-refractivity contribution is 0.189. The summed E-state index contributed by atoms with van der Waals surface area (Å²) in [6.07, 6.45) is 1.72. The molecule has 1 heterocycles. The Bertz CT molecular complexity index is 303. The summed E-state index contributed by atoms with van der Waals surface area (Å²) in [5.74, 6) is 0.963. The molecule has 5 heteroatoms. The first kappa shape index (κ1) is 12.1. The van der Waals surface area contributed by atoms with Crippen LogP contribution in [0.5, 0.6) is 0 Å². The van der Waals surface area contributed by atoms with Crippen molar-refractivity contribution in [1.29, 1.82) is 0 Å². The third-order valence-electron chi connectivity index (χ3n) is 2.86. The Hall–Kier alpha value is -0.940. The van der Waals surface area contributed by atoms with Crippen LogP contribution in [0.2, 0.25) is 0 Å². The minimum absolute atomic E-state index is 0.151. The maximum absolute atomic E-state index is 4.02. The van der Waals surface area contributed by atoms with Crippen molar-refractivity contribution in [2.45, 2.75) is 25.9 Å². The molecule has 0 fully saturated rings. The fourth-order valence-electron chi connectivity index (χ4n) is 1.11. The van der Waals surface area contributed by atoms with Gasteiger partial charge in [0.25, 0.3) is 0 Å². The SMILES string of the molecule is CN(C)C(C)(C)CNCc1nncn1C. The fourth-order valence-corrected chi connectivity index (χ4v) is 1.11. The average Bonchev–Trinajstić information content (AvgIpc) is 2.51. The van der Waals surface area contributed by atoms with Crippen LogP contribution in [0.3, 0.4) is 0 Å². The number of rotatable bonds is 5. The molecule has 86 valence electrons. The van der Waals surface area contributed by atoms with Crippen molar-refractivity contribution in [3.63, 3.8) is 0 Å². The van der Waals surface area contributed by atoms with E-state index in [9.17, 15) is 0 Å². The molecule has 1 aromatic heterocycles. The molecular formula is C10H21N5. The van der Waals surface area contributed by atoms with Gasteiger partial charge in [0.2, 0.25) is 0 Å². The number of hydrogen-bond acceptors (Lipinski definition) is 4. The van der Waals surface area contributed by atoms with Gasteiger partial charge in [-0.3, -0.25) is 0 Å². The van der Waals surface area contributed by atoms with E-state index in [1.54, 1.807) is 6.33 Å². The number of aromatic nitrogens is 3. The van der Waals surface area contributed by atoms with E-state index < -0.39 is 0 Å². The van der Waals surface area contributed by atoms with E-state index in [4.69, 9.17) is 0 Å². The van der Waals surface area contributed by atoms with E-state index >= 15 is 0 Å². The molecule has 0 saturated heterocycles. The predicted molar refractivity (Wildman–Crippen MR) is 60.5 cm³/mol. The number of nitrogens with zero attached hydrogens (tertiary/aromatic N) is 4. The van der Waals surface area contributed by atoms with Gasteiger partial charge >= 0.3 is 0 Å². The van der Waals surface area contributed by atoms with Gasteiger partial charge in [0, 0.05) is 19.1 Å².